The maximum atomic E-state index is 12.9. The van der Waals surface area contributed by atoms with E-state index in [4.69, 9.17) is 16.3 Å². The van der Waals surface area contributed by atoms with Gasteiger partial charge in [0.05, 0.1) is 12.3 Å². The van der Waals surface area contributed by atoms with E-state index < -0.39 is 5.91 Å². The molecule has 4 aromatic rings. The number of carbonyl (C=O) groups is 1. The van der Waals surface area contributed by atoms with Crippen LogP contribution in [0.25, 0.3) is 17.1 Å². The lowest BCUT2D eigenvalue weighted by molar-refractivity contribution is 0.101. The van der Waals surface area contributed by atoms with Crippen LogP contribution in [-0.2, 0) is 0 Å². The number of aryl methyl sites for hydroxylation is 1. The molecule has 0 saturated carbocycles. The lowest BCUT2D eigenvalue weighted by Gasteiger charge is -2.08. The monoisotopic (exact) mass is 432 g/mol. The van der Waals surface area contributed by atoms with E-state index in [-0.39, 0.29) is 5.82 Å². The Labute approximate surface area is 185 Å². The van der Waals surface area contributed by atoms with Gasteiger partial charge in [-0.05, 0) is 74.0 Å². The largest absolute Gasteiger partial charge is 0.494 e. The van der Waals surface area contributed by atoms with Gasteiger partial charge in [0.1, 0.15) is 5.75 Å². The summed E-state index contributed by atoms with van der Waals surface area (Å²) in [5.74, 6) is 0.976. The van der Waals surface area contributed by atoms with Crippen molar-refractivity contribution in [2.75, 3.05) is 11.9 Å². The minimum Gasteiger partial charge on any atom is -0.494 e. The van der Waals surface area contributed by atoms with E-state index in [1.165, 1.54) is 0 Å². The van der Waals surface area contributed by atoms with Crippen LogP contribution in [0.1, 0.15) is 23.1 Å². The Kier molecular flexibility index (Phi) is 6.00. The number of benzene rings is 3. The molecular weight excluding hydrogens is 412 g/mol. The normalized spacial score (nSPS) is 10.7. The number of ether oxygens (including phenoxy) is 1. The maximum Gasteiger partial charge on any atom is 0.295 e. The summed E-state index contributed by atoms with van der Waals surface area (Å²) in [7, 11) is 0. The zero-order chi connectivity index (χ0) is 21.8. The number of hydrogen-bond acceptors (Lipinski definition) is 4. The molecule has 0 saturated heterocycles. The zero-order valence-electron chi connectivity index (χ0n) is 17.2. The second-order valence-corrected chi connectivity index (χ2v) is 7.31. The minimum absolute atomic E-state index is 0.0714. The van der Waals surface area contributed by atoms with Gasteiger partial charge in [-0.25, -0.2) is 9.67 Å². The molecule has 0 aliphatic heterocycles. The Morgan fingerprint density at radius 1 is 1.03 bits per heavy atom. The van der Waals surface area contributed by atoms with Crippen LogP contribution in [0, 0.1) is 6.92 Å². The molecule has 1 N–H and O–H groups in total. The number of halogens is 1. The first-order valence-corrected chi connectivity index (χ1v) is 10.3. The predicted octanol–water partition coefficient (Wildman–Crippen LogP) is 5.55. The number of aromatic nitrogens is 3. The number of anilines is 1. The van der Waals surface area contributed by atoms with E-state index in [1.807, 2.05) is 50.2 Å². The summed E-state index contributed by atoms with van der Waals surface area (Å²) < 4.78 is 7.12. The van der Waals surface area contributed by atoms with Gasteiger partial charge in [-0.2, -0.15) is 0 Å². The second-order valence-electron chi connectivity index (χ2n) is 6.88. The Morgan fingerprint density at radius 2 is 1.74 bits per heavy atom. The lowest BCUT2D eigenvalue weighted by Crippen LogP contribution is -2.14. The number of amides is 1. The van der Waals surface area contributed by atoms with Crippen LogP contribution in [0.5, 0.6) is 5.75 Å². The van der Waals surface area contributed by atoms with Crippen LogP contribution in [0.2, 0.25) is 5.02 Å². The molecule has 1 amide bonds. The molecular formula is C24H21ClN4O2. The van der Waals surface area contributed by atoms with Gasteiger partial charge in [0.25, 0.3) is 5.91 Å². The third kappa shape index (κ3) is 4.59. The topological polar surface area (TPSA) is 69.0 Å². The quantitative estimate of drug-likeness (QED) is 0.434. The fourth-order valence-corrected chi connectivity index (χ4v) is 3.28. The first-order chi connectivity index (χ1) is 15.0. The molecule has 0 fully saturated rings. The molecule has 4 rings (SSSR count). The highest BCUT2D eigenvalue weighted by atomic mass is 35.5. The van der Waals surface area contributed by atoms with Crippen molar-refractivity contribution in [3.8, 4) is 22.8 Å². The summed E-state index contributed by atoms with van der Waals surface area (Å²) in [6.07, 6.45) is 0. The standard InChI is InChI=1S/C24H21ClN4O2/c1-3-31-20-14-12-19(13-15-20)26-24(30)22-27-23(17-8-10-18(25)11-9-17)29(28-22)21-7-5-4-6-16(21)2/h4-15H,3H2,1-2H3,(H,26,30). The van der Waals surface area contributed by atoms with E-state index >= 15 is 0 Å². The summed E-state index contributed by atoms with van der Waals surface area (Å²) in [6.45, 7) is 4.49. The number of carbonyl (C=O) groups excluding carboxylic acids is 1. The Morgan fingerprint density at radius 3 is 2.42 bits per heavy atom. The SMILES string of the molecule is CCOc1ccc(NC(=O)c2nc(-c3ccc(Cl)cc3)n(-c3ccccc3C)n2)cc1. The Hall–Kier alpha value is -3.64. The van der Waals surface area contributed by atoms with E-state index in [0.29, 0.717) is 23.1 Å². The molecule has 0 radical (unpaired) electrons. The van der Waals surface area contributed by atoms with Crippen molar-refractivity contribution in [1.82, 2.24) is 14.8 Å². The number of nitrogens with one attached hydrogen (secondary N) is 1. The van der Waals surface area contributed by atoms with Crippen LogP contribution in [0.4, 0.5) is 5.69 Å². The first kappa shape index (κ1) is 20.6. The third-order valence-electron chi connectivity index (χ3n) is 4.68. The van der Waals surface area contributed by atoms with Crippen LogP contribution < -0.4 is 10.1 Å². The summed E-state index contributed by atoms with van der Waals surface area (Å²) in [5, 5.41) is 7.98. The van der Waals surface area contributed by atoms with Gasteiger partial charge in [-0.15, -0.1) is 5.10 Å². The van der Waals surface area contributed by atoms with Crippen molar-refractivity contribution in [2.24, 2.45) is 0 Å². The number of para-hydroxylation sites is 1. The lowest BCUT2D eigenvalue weighted by atomic mass is 10.2. The summed E-state index contributed by atoms with van der Waals surface area (Å²) in [4.78, 5) is 17.4. The fourth-order valence-electron chi connectivity index (χ4n) is 3.15. The predicted molar refractivity (Wildman–Crippen MR) is 122 cm³/mol. The van der Waals surface area contributed by atoms with Gasteiger partial charge in [-0.1, -0.05) is 29.8 Å². The van der Waals surface area contributed by atoms with Gasteiger partial charge in [0.15, 0.2) is 5.82 Å². The van der Waals surface area contributed by atoms with Crippen LogP contribution in [0.15, 0.2) is 72.8 Å². The van der Waals surface area contributed by atoms with Crippen LogP contribution in [0.3, 0.4) is 0 Å². The number of hydrogen-bond donors (Lipinski definition) is 1. The molecule has 3 aromatic carbocycles. The first-order valence-electron chi connectivity index (χ1n) is 9.88. The van der Waals surface area contributed by atoms with Gasteiger partial charge < -0.3 is 10.1 Å². The van der Waals surface area contributed by atoms with Crippen LogP contribution in [-0.4, -0.2) is 27.3 Å². The molecule has 0 atom stereocenters. The van der Waals surface area contributed by atoms with Gasteiger partial charge >= 0.3 is 0 Å². The van der Waals surface area contributed by atoms with Crippen molar-refractivity contribution in [3.05, 3.63) is 89.2 Å². The molecule has 0 unspecified atom stereocenters. The Balaban J connectivity index is 1.69. The molecule has 0 aliphatic carbocycles. The zero-order valence-corrected chi connectivity index (χ0v) is 17.9. The van der Waals surface area contributed by atoms with E-state index in [9.17, 15) is 4.79 Å². The highest BCUT2D eigenvalue weighted by molar-refractivity contribution is 6.30. The van der Waals surface area contributed by atoms with Crippen molar-refractivity contribution in [2.45, 2.75) is 13.8 Å². The smallest absolute Gasteiger partial charge is 0.295 e. The highest BCUT2D eigenvalue weighted by Crippen LogP contribution is 2.25. The van der Waals surface area contributed by atoms with Crippen molar-refractivity contribution in [3.63, 3.8) is 0 Å². The maximum absolute atomic E-state index is 12.9. The molecule has 1 heterocycles. The molecule has 156 valence electrons. The number of rotatable bonds is 6. The van der Waals surface area contributed by atoms with E-state index in [2.05, 4.69) is 15.4 Å². The molecule has 6 nitrogen and oxygen atoms in total. The van der Waals surface area contributed by atoms with Gasteiger partial charge in [0.2, 0.25) is 5.82 Å². The second kappa shape index (κ2) is 9.02. The van der Waals surface area contributed by atoms with Crippen molar-refractivity contribution >= 4 is 23.2 Å². The summed E-state index contributed by atoms with van der Waals surface area (Å²) >= 11 is 6.04. The summed E-state index contributed by atoms with van der Waals surface area (Å²) in [6, 6.07) is 22.3. The van der Waals surface area contributed by atoms with Crippen LogP contribution >= 0.6 is 11.6 Å². The van der Waals surface area contributed by atoms with E-state index in [0.717, 1.165) is 22.6 Å². The van der Waals surface area contributed by atoms with Gasteiger partial charge in [-0.3, -0.25) is 4.79 Å². The van der Waals surface area contributed by atoms with E-state index in [1.54, 1.807) is 41.1 Å². The number of nitrogens with zero attached hydrogens (tertiary/aromatic N) is 3. The average molecular weight is 433 g/mol. The molecule has 1 aromatic heterocycles. The van der Waals surface area contributed by atoms with Crippen molar-refractivity contribution < 1.29 is 9.53 Å². The minimum atomic E-state index is -0.397. The van der Waals surface area contributed by atoms with Crippen molar-refractivity contribution in [1.29, 1.82) is 0 Å². The molecule has 0 spiro atoms. The summed E-state index contributed by atoms with van der Waals surface area (Å²) in [5.41, 5.74) is 3.30. The third-order valence-corrected chi connectivity index (χ3v) is 4.93. The molecule has 7 heteroatoms. The average Bonchev–Trinajstić information content (AvgIpc) is 3.21. The molecule has 0 aliphatic rings. The van der Waals surface area contributed by atoms with Gasteiger partial charge in [0, 0.05) is 16.3 Å². The highest BCUT2D eigenvalue weighted by Gasteiger charge is 2.20. The molecule has 31 heavy (non-hydrogen) atoms. The molecule has 0 bridgehead atoms. The fraction of sp³-hybridized carbons (Fsp3) is 0.125. The Bertz CT molecular complexity index is 1200.